The Morgan fingerprint density at radius 1 is 1.35 bits per heavy atom. The minimum Gasteiger partial charge on any atom is -0.496 e. The number of likely N-dealkylation sites (N-methyl/N-ethyl adjacent to an activating group) is 1. The van der Waals surface area contributed by atoms with E-state index in [-0.39, 0.29) is 11.6 Å². The van der Waals surface area contributed by atoms with Gasteiger partial charge >= 0.3 is 0 Å². The third-order valence-electron chi connectivity index (χ3n) is 4.95. The topological polar surface area (TPSA) is 38.5 Å². The van der Waals surface area contributed by atoms with Crippen LogP contribution in [0.1, 0.15) is 44.2 Å². The molecule has 1 aliphatic carbocycles. The first-order valence-corrected chi connectivity index (χ1v) is 7.57. The van der Waals surface area contributed by atoms with Crippen LogP contribution in [0.2, 0.25) is 0 Å². The van der Waals surface area contributed by atoms with Gasteiger partial charge < -0.3 is 15.4 Å². The van der Waals surface area contributed by atoms with Crippen molar-refractivity contribution in [1.29, 1.82) is 0 Å². The summed E-state index contributed by atoms with van der Waals surface area (Å²) in [4.78, 5) is 2.33. The molecule has 3 nitrogen and oxygen atoms in total. The van der Waals surface area contributed by atoms with Crippen LogP contribution in [0.15, 0.2) is 24.3 Å². The Labute approximate surface area is 123 Å². The quantitative estimate of drug-likeness (QED) is 0.917. The second kappa shape index (κ2) is 6.15. The van der Waals surface area contributed by atoms with Crippen LogP contribution in [0.5, 0.6) is 5.75 Å². The van der Waals surface area contributed by atoms with Crippen LogP contribution in [0, 0.1) is 5.92 Å². The largest absolute Gasteiger partial charge is 0.496 e. The fourth-order valence-electron chi connectivity index (χ4n) is 3.74. The highest BCUT2D eigenvalue weighted by molar-refractivity contribution is 5.38. The summed E-state index contributed by atoms with van der Waals surface area (Å²) in [5, 5.41) is 0. The van der Waals surface area contributed by atoms with E-state index < -0.39 is 0 Å². The van der Waals surface area contributed by atoms with Crippen molar-refractivity contribution in [3.05, 3.63) is 29.8 Å². The van der Waals surface area contributed by atoms with E-state index in [0.717, 1.165) is 30.1 Å². The lowest BCUT2D eigenvalue weighted by atomic mass is 9.70. The first kappa shape index (κ1) is 15.3. The number of hydrogen-bond donors (Lipinski definition) is 1. The van der Waals surface area contributed by atoms with Crippen molar-refractivity contribution in [3.63, 3.8) is 0 Å². The van der Waals surface area contributed by atoms with Crippen LogP contribution in [0.25, 0.3) is 0 Å². The highest BCUT2D eigenvalue weighted by atomic mass is 16.5. The monoisotopic (exact) mass is 276 g/mol. The molecule has 0 amide bonds. The summed E-state index contributed by atoms with van der Waals surface area (Å²) in [7, 11) is 6.04. The molecule has 2 rings (SSSR count). The lowest BCUT2D eigenvalue weighted by molar-refractivity contribution is 0.0492. The predicted molar refractivity (Wildman–Crippen MR) is 84.0 cm³/mol. The van der Waals surface area contributed by atoms with Gasteiger partial charge in [-0.05, 0) is 38.9 Å². The zero-order chi connectivity index (χ0) is 14.8. The third-order valence-corrected chi connectivity index (χ3v) is 4.95. The molecule has 0 radical (unpaired) electrons. The van der Waals surface area contributed by atoms with E-state index in [4.69, 9.17) is 10.5 Å². The van der Waals surface area contributed by atoms with Crippen LogP contribution in [-0.4, -0.2) is 31.6 Å². The van der Waals surface area contributed by atoms with Crippen molar-refractivity contribution >= 4 is 0 Å². The molecule has 0 bridgehead atoms. The standard InChI is InChI=1S/C17H28N2O/c1-13-8-7-11-17(12-13,19(2)3)16(18)14-9-5-6-10-15(14)20-4/h5-6,9-10,13,16H,7-8,11-12,18H2,1-4H3. The summed E-state index contributed by atoms with van der Waals surface area (Å²) < 4.78 is 5.51. The van der Waals surface area contributed by atoms with Gasteiger partial charge in [0.1, 0.15) is 5.75 Å². The van der Waals surface area contributed by atoms with Gasteiger partial charge in [-0.1, -0.05) is 38.0 Å². The second-order valence-corrected chi connectivity index (χ2v) is 6.42. The molecule has 1 saturated carbocycles. The van der Waals surface area contributed by atoms with Crippen LogP contribution in [0.3, 0.4) is 0 Å². The Kier molecular flexibility index (Phi) is 4.71. The predicted octanol–water partition coefficient (Wildman–Crippen LogP) is 3.21. The normalized spacial score (nSPS) is 28.4. The van der Waals surface area contributed by atoms with Crippen LogP contribution >= 0.6 is 0 Å². The molecule has 0 aromatic heterocycles. The Balaban J connectivity index is 2.38. The Hall–Kier alpha value is -1.06. The number of nitrogens with two attached hydrogens (primary N) is 1. The average molecular weight is 276 g/mol. The molecule has 1 aliphatic rings. The molecule has 2 N–H and O–H groups in total. The minimum absolute atomic E-state index is 0.0172. The second-order valence-electron chi connectivity index (χ2n) is 6.42. The van der Waals surface area contributed by atoms with Gasteiger partial charge in [0.25, 0.3) is 0 Å². The zero-order valence-electron chi connectivity index (χ0n) is 13.2. The molecule has 1 aromatic rings. The molecular formula is C17H28N2O. The van der Waals surface area contributed by atoms with Crippen molar-refractivity contribution < 1.29 is 4.74 Å². The SMILES string of the molecule is COc1ccccc1C(N)C1(N(C)C)CCCC(C)C1. The number of para-hydroxylation sites is 1. The lowest BCUT2D eigenvalue weighted by Crippen LogP contribution is -2.54. The first-order valence-electron chi connectivity index (χ1n) is 7.57. The molecule has 1 aromatic carbocycles. The average Bonchev–Trinajstić information content (AvgIpc) is 2.46. The van der Waals surface area contributed by atoms with Crippen LogP contribution in [-0.2, 0) is 0 Å². The van der Waals surface area contributed by atoms with Crippen molar-refractivity contribution in [2.75, 3.05) is 21.2 Å². The number of benzene rings is 1. The van der Waals surface area contributed by atoms with E-state index in [2.05, 4.69) is 32.0 Å². The Morgan fingerprint density at radius 2 is 2.05 bits per heavy atom. The molecule has 20 heavy (non-hydrogen) atoms. The summed E-state index contributed by atoms with van der Waals surface area (Å²) >= 11 is 0. The van der Waals surface area contributed by atoms with E-state index in [1.165, 1.54) is 12.8 Å². The number of rotatable bonds is 4. The van der Waals surface area contributed by atoms with Crippen molar-refractivity contribution in [2.45, 2.75) is 44.2 Å². The first-order chi connectivity index (χ1) is 9.51. The molecule has 3 atom stereocenters. The van der Waals surface area contributed by atoms with Crippen LogP contribution < -0.4 is 10.5 Å². The fourth-order valence-corrected chi connectivity index (χ4v) is 3.74. The van der Waals surface area contributed by atoms with E-state index in [1.807, 2.05) is 18.2 Å². The van der Waals surface area contributed by atoms with Gasteiger partial charge in [-0.2, -0.15) is 0 Å². The highest BCUT2D eigenvalue weighted by Crippen LogP contribution is 2.44. The summed E-state index contributed by atoms with van der Waals surface area (Å²) in [5.74, 6) is 1.63. The molecule has 0 saturated heterocycles. The van der Waals surface area contributed by atoms with E-state index in [1.54, 1.807) is 7.11 Å². The van der Waals surface area contributed by atoms with Crippen molar-refractivity contribution in [3.8, 4) is 5.75 Å². The minimum atomic E-state index is -0.0172. The van der Waals surface area contributed by atoms with Gasteiger partial charge in [0.15, 0.2) is 0 Å². The van der Waals surface area contributed by atoms with Gasteiger partial charge in [0.05, 0.1) is 13.2 Å². The molecule has 0 aliphatic heterocycles. The highest BCUT2D eigenvalue weighted by Gasteiger charge is 2.43. The summed E-state index contributed by atoms with van der Waals surface area (Å²) in [5.41, 5.74) is 7.88. The fraction of sp³-hybridized carbons (Fsp3) is 0.647. The van der Waals surface area contributed by atoms with Crippen LogP contribution in [0.4, 0.5) is 0 Å². The van der Waals surface area contributed by atoms with Gasteiger partial charge in [0, 0.05) is 11.1 Å². The summed E-state index contributed by atoms with van der Waals surface area (Å²) in [6.45, 7) is 2.34. The molecule has 0 heterocycles. The number of ether oxygens (including phenoxy) is 1. The lowest BCUT2D eigenvalue weighted by Gasteiger charge is -2.49. The van der Waals surface area contributed by atoms with E-state index in [9.17, 15) is 0 Å². The van der Waals surface area contributed by atoms with Gasteiger partial charge in [-0.3, -0.25) is 0 Å². The molecular weight excluding hydrogens is 248 g/mol. The summed E-state index contributed by atoms with van der Waals surface area (Å²) in [6, 6.07) is 8.14. The van der Waals surface area contributed by atoms with E-state index in [0.29, 0.717) is 0 Å². The number of methoxy groups -OCH3 is 1. The number of hydrogen-bond acceptors (Lipinski definition) is 3. The van der Waals surface area contributed by atoms with E-state index >= 15 is 0 Å². The Morgan fingerprint density at radius 3 is 2.65 bits per heavy atom. The van der Waals surface area contributed by atoms with Gasteiger partial charge in [-0.15, -0.1) is 0 Å². The Bertz CT molecular complexity index is 446. The van der Waals surface area contributed by atoms with Crippen molar-refractivity contribution in [1.82, 2.24) is 4.90 Å². The third kappa shape index (κ3) is 2.70. The van der Waals surface area contributed by atoms with Crippen molar-refractivity contribution in [2.24, 2.45) is 11.7 Å². The smallest absolute Gasteiger partial charge is 0.123 e. The molecule has 1 fully saturated rings. The molecule has 3 heteroatoms. The summed E-state index contributed by atoms with van der Waals surface area (Å²) in [6.07, 6.45) is 4.87. The maximum atomic E-state index is 6.72. The molecule has 3 unspecified atom stereocenters. The maximum absolute atomic E-state index is 6.72. The maximum Gasteiger partial charge on any atom is 0.123 e. The molecule has 112 valence electrons. The van der Waals surface area contributed by atoms with Gasteiger partial charge in [-0.25, -0.2) is 0 Å². The zero-order valence-corrected chi connectivity index (χ0v) is 13.2. The van der Waals surface area contributed by atoms with Gasteiger partial charge in [0.2, 0.25) is 0 Å². The number of nitrogens with zero attached hydrogens (tertiary/aromatic N) is 1. The molecule has 0 spiro atoms.